The molecule has 0 radical (unpaired) electrons. The van der Waals surface area contributed by atoms with Crippen molar-refractivity contribution >= 4 is 41.2 Å². The van der Waals surface area contributed by atoms with Crippen LogP contribution >= 0.6 is 11.8 Å². The average Bonchev–Trinajstić information content (AvgIpc) is 3.62. The van der Waals surface area contributed by atoms with Crippen molar-refractivity contribution in [2.24, 2.45) is 5.92 Å². The van der Waals surface area contributed by atoms with E-state index in [1.165, 1.54) is 0 Å². The van der Waals surface area contributed by atoms with Crippen molar-refractivity contribution < 1.29 is 38.2 Å². The van der Waals surface area contributed by atoms with E-state index in [1.807, 2.05) is 11.8 Å². The Kier molecular flexibility index (Phi) is 18.8. The van der Waals surface area contributed by atoms with Gasteiger partial charge in [0.1, 0.15) is 0 Å². The zero-order valence-corrected chi connectivity index (χ0v) is 28.7. The number of fused-ring (bicyclic) bond motifs is 1. The van der Waals surface area contributed by atoms with Crippen molar-refractivity contribution in [3.05, 3.63) is 5.53 Å². The largest absolute Gasteiger partial charge is 0.379 e. The lowest BCUT2D eigenvalue weighted by molar-refractivity contribution is -0.127. The number of hydrogen-bond donors (Lipinski definition) is 5. The summed E-state index contributed by atoms with van der Waals surface area (Å²) >= 11 is 1.90. The van der Waals surface area contributed by atoms with E-state index in [9.17, 15) is 19.2 Å². The van der Waals surface area contributed by atoms with Crippen LogP contribution in [0.5, 0.6) is 0 Å². The van der Waals surface area contributed by atoms with E-state index >= 15 is 0 Å². The van der Waals surface area contributed by atoms with E-state index in [-0.39, 0.29) is 60.6 Å². The molecule has 5 amide bonds. The molecule has 0 aromatic carbocycles. The lowest BCUT2D eigenvalue weighted by Gasteiger charge is -2.27. The predicted octanol–water partition coefficient (Wildman–Crippen LogP) is 1.92. The van der Waals surface area contributed by atoms with E-state index in [0.29, 0.717) is 76.5 Å². The standard InChI is InChI=1S/C32H55N7O7S/c1-23(39-33)24-7-4-8-25(21-24)36-30(42)12-11-29(41)35-14-6-16-45-18-20-46-19-17-44-15-5-13-34-28(40)10-3-2-9-27-31-26(22-47-27)37-32(43)38-31/h24-27,31H,2-22H2,1H3,(H,34,40)(H,35,41)(H,36,42)(H2,37,38,43). The molecule has 0 aromatic heterocycles. The Bertz CT molecular complexity index is 1050. The van der Waals surface area contributed by atoms with Crippen LogP contribution in [0.2, 0.25) is 0 Å². The van der Waals surface area contributed by atoms with Crippen molar-refractivity contribution in [1.82, 2.24) is 26.6 Å². The Balaban J connectivity index is 1.01. The van der Waals surface area contributed by atoms with Gasteiger partial charge in [-0.3, -0.25) is 14.4 Å². The Morgan fingerprint density at radius 3 is 2.17 bits per heavy atom. The van der Waals surface area contributed by atoms with Gasteiger partial charge in [-0.15, -0.1) is 0 Å². The highest BCUT2D eigenvalue weighted by Crippen LogP contribution is 2.33. The highest BCUT2D eigenvalue weighted by Gasteiger charge is 2.42. The molecule has 47 heavy (non-hydrogen) atoms. The molecule has 5 atom stereocenters. The zero-order chi connectivity index (χ0) is 33.7. The Hall–Kier alpha value is -2.71. The van der Waals surface area contributed by atoms with Gasteiger partial charge in [0.15, 0.2) is 0 Å². The maximum absolute atomic E-state index is 12.2. The van der Waals surface area contributed by atoms with Crippen LogP contribution in [0, 0.1) is 5.92 Å². The second-order valence-corrected chi connectivity index (χ2v) is 13.8. The number of ether oxygens (including phenoxy) is 3. The number of nitrogens with zero attached hydrogens (tertiary/aromatic N) is 2. The molecule has 14 nitrogen and oxygen atoms in total. The van der Waals surface area contributed by atoms with Gasteiger partial charge in [0.05, 0.1) is 44.4 Å². The summed E-state index contributed by atoms with van der Waals surface area (Å²) in [6, 6.07) is 0.460. The zero-order valence-electron chi connectivity index (χ0n) is 27.9. The Morgan fingerprint density at radius 2 is 1.49 bits per heavy atom. The lowest BCUT2D eigenvalue weighted by atomic mass is 9.83. The normalized spacial score (nSPS) is 23.3. The first-order valence-electron chi connectivity index (χ1n) is 17.3. The number of thioether (sulfide) groups is 1. The summed E-state index contributed by atoms with van der Waals surface area (Å²) in [7, 11) is 0. The molecule has 266 valence electrons. The number of unbranched alkanes of at least 4 members (excludes halogenated alkanes) is 1. The lowest BCUT2D eigenvalue weighted by Crippen LogP contribution is -2.40. The number of urea groups is 1. The van der Waals surface area contributed by atoms with Gasteiger partial charge in [-0.1, -0.05) is 12.8 Å². The SMILES string of the molecule is CC(=[N+]=[N-])C1CCCC(NC(=O)CCC(=O)NCCCOCCOCCOCCCNC(=O)CCCCC2SCC3NC(=O)NC32)C1. The molecule has 2 saturated heterocycles. The molecule has 5 N–H and O–H groups in total. The van der Waals surface area contributed by atoms with Crippen molar-refractivity contribution in [3.63, 3.8) is 0 Å². The van der Waals surface area contributed by atoms with Gasteiger partial charge in [0.25, 0.3) is 5.71 Å². The number of hydrogen-bond acceptors (Lipinski definition) is 8. The second-order valence-electron chi connectivity index (χ2n) is 12.5. The fourth-order valence-corrected chi connectivity index (χ4v) is 7.65. The third kappa shape index (κ3) is 15.8. The van der Waals surface area contributed by atoms with Gasteiger partial charge in [-0.05, 0) is 44.9 Å². The van der Waals surface area contributed by atoms with E-state index < -0.39 is 0 Å². The molecular formula is C32H55N7O7S. The smallest absolute Gasteiger partial charge is 0.315 e. The third-order valence-corrected chi connectivity index (χ3v) is 10.3. The van der Waals surface area contributed by atoms with Gasteiger partial charge in [0.2, 0.25) is 17.7 Å². The van der Waals surface area contributed by atoms with E-state index in [0.717, 1.165) is 57.1 Å². The summed E-state index contributed by atoms with van der Waals surface area (Å²) in [5.41, 5.74) is 9.69. The molecule has 0 aromatic rings. The van der Waals surface area contributed by atoms with Crippen molar-refractivity contribution in [3.8, 4) is 0 Å². The first-order chi connectivity index (χ1) is 22.9. The van der Waals surface area contributed by atoms with Gasteiger partial charge < -0.3 is 46.3 Å². The molecule has 2 aliphatic heterocycles. The van der Waals surface area contributed by atoms with Crippen LogP contribution in [-0.4, -0.2) is 116 Å². The first-order valence-corrected chi connectivity index (χ1v) is 18.3. The van der Waals surface area contributed by atoms with Crippen LogP contribution in [0.25, 0.3) is 5.53 Å². The summed E-state index contributed by atoms with van der Waals surface area (Å²) in [6.45, 7) is 5.81. The van der Waals surface area contributed by atoms with E-state index in [4.69, 9.17) is 19.7 Å². The molecule has 3 fully saturated rings. The topological polar surface area (TPSA) is 193 Å². The first kappa shape index (κ1) is 38.7. The molecule has 1 saturated carbocycles. The minimum Gasteiger partial charge on any atom is -0.379 e. The van der Waals surface area contributed by atoms with Crippen molar-refractivity contribution in [2.75, 3.05) is 58.5 Å². The van der Waals surface area contributed by atoms with Gasteiger partial charge in [-0.2, -0.15) is 16.6 Å². The molecule has 1 aliphatic carbocycles. The minimum absolute atomic E-state index is 0.0559. The summed E-state index contributed by atoms with van der Waals surface area (Å²) in [6.07, 6.45) is 8.69. The number of nitrogens with one attached hydrogen (secondary N) is 5. The van der Waals surface area contributed by atoms with Crippen molar-refractivity contribution in [2.45, 2.75) is 107 Å². The Labute approximate surface area is 282 Å². The fraction of sp³-hybridized carbons (Fsp3) is 0.844. The highest BCUT2D eigenvalue weighted by atomic mass is 32.2. The summed E-state index contributed by atoms with van der Waals surface area (Å²) in [4.78, 5) is 51.1. The van der Waals surface area contributed by atoms with Gasteiger partial charge in [0, 0.05) is 69.5 Å². The number of carbonyl (C=O) groups is 4. The van der Waals surface area contributed by atoms with Gasteiger partial charge in [-0.25, -0.2) is 4.79 Å². The van der Waals surface area contributed by atoms with Crippen LogP contribution in [0.4, 0.5) is 4.79 Å². The van der Waals surface area contributed by atoms with Crippen LogP contribution < -0.4 is 26.6 Å². The van der Waals surface area contributed by atoms with Crippen LogP contribution in [0.15, 0.2) is 0 Å². The molecule has 0 bridgehead atoms. The molecule has 5 unspecified atom stereocenters. The molecule has 3 rings (SSSR count). The van der Waals surface area contributed by atoms with Crippen molar-refractivity contribution in [1.29, 1.82) is 0 Å². The fourth-order valence-electron chi connectivity index (χ4n) is 6.11. The quantitative estimate of drug-likeness (QED) is 0.0335. The molecular weight excluding hydrogens is 626 g/mol. The monoisotopic (exact) mass is 681 g/mol. The highest BCUT2D eigenvalue weighted by molar-refractivity contribution is 8.00. The molecule has 3 aliphatic rings. The summed E-state index contributed by atoms with van der Waals surface area (Å²) in [5.74, 6) is 0.935. The van der Waals surface area contributed by atoms with Crippen LogP contribution in [-0.2, 0) is 28.6 Å². The maximum atomic E-state index is 12.2. The molecule has 0 spiro atoms. The predicted molar refractivity (Wildman–Crippen MR) is 179 cm³/mol. The van der Waals surface area contributed by atoms with Crippen LogP contribution in [0.3, 0.4) is 0 Å². The summed E-state index contributed by atoms with van der Waals surface area (Å²) < 4.78 is 16.6. The molecule has 15 heteroatoms. The minimum atomic E-state index is -0.154. The maximum Gasteiger partial charge on any atom is 0.315 e. The van der Waals surface area contributed by atoms with E-state index in [1.54, 1.807) is 6.92 Å². The second kappa shape index (κ2) is 22.8. The van der Waals surface area contributed by atoms with Crippen LogP contribution in [0.1, 0.15) is 84.0 Å². The summed E-state index contributed by atoms with van der Waals surface area (Å²) in [5, 5.41) is 15.2. The number of rotatable bonds is 24. The third-order valence-electron chi connectivity index (χ3n) is 8.77. The number of amides is 5. The average molecular weight is 682 g/mol. The number of carbonyl (C=O) groups excluding carboxylic acids is 4. The molecule has 2 heterocycles. The van der Waals surface area contributed by atoms with E-state index in [2.05, 4.69) is 31.4 Å². The Morgan fingerprint density at radius 1 is 0.851 bits per heavy atom. The van der Waals surface area contributed by atoms with Gasteiger partial charge >= 0.3 is 6.03 Å².